The molecule has 0 aliphatic carbocycles. The quantitative estimate of drug-likeness (QED) is 0.278. The summed E-state index contributed by atoms with van der Waals surface area (Å²) in [5, 5.41) is 22.5. The summed E-state index contributed by atoms with van der Waals surface area (Å²) in [6.07, 6.45) is 0.736. The van der Waals surface area contributed by atoms with E-state index in [-0.39, 0.29) is 19.0 Å². The number of carbonyl (C=O) groups excluding carboxylic acids is 2. The summed E-state index contributed by atoms with van der Waals surface area (Å²) in [6.45, 7) is 4.73. The molecule has 2 heterocycles. The smallest absolute Gasteiger partial charge is 0.434 e. The van der Waals surface area contributed by atoms with Crippen molar-refractivity contribution in [3.8, 4) is 0 Å². The fraction of sp³-hybridized carbons (Fsp3) is 0.727. The Morgan fingerprint density at radius 1 is 1.09 bits per heavy atom. The number of anilines is 1. The molecule has 1 fully saturated rings. The summed E-state index contributed by atoms with van der Waals surface area (Å²) < 4.78 is 26.4. The van der Waals surface area contributed by atoms with Gasteiger partial charge in [0, 0.05) is 6.20 Å². The van der Waals surface area contributed by atoms with Crippen LogP contribution < -0.4 is 11.4 Å². The van der Waals surface area contributed by atoms with Crippen molar-refractivity contribution < 1.29 is 43.5 Å². The van der Waals surface area contributed by atoms with Crippen LogP contribution in [0.1, 0.15) is 59.3 Å². The zero-order chi connectivity index (χ0) is 26.1. The molecule has 4 N–H and O–H groups in total. The van der Waals surface area contributed by atoms with Gasteiger partial charge in [-0.25, -0.2) is 19.0 Å². The zero-order valence-corrected chi connectivity index (χ0v) is 20.3. The van der Waals surface area contributed by atoms with Crippen LogP contribution in [0, 0.1) is 0 Å². The average molecular weight is 502 g/mol. The van der Waals surface area contributed by atoms with Gasteiger partial charge in [-0.2, -0.15) is 4.98 Å². The highest BCUT2D eigenvalue weighted by molar-refractivity contribution is 5.61. The Kier molecular flexibility index (Phi) is 10.3. The van der Waals surface area contributed by atoms with E-state index in [9.17, 15) is 24.6 Å². The molecule has 0 spiro atoms. The lowest BCUT2D eigenvalue weighted by atomic mass is 9.94. The average Bonchev–Trinajstić information content (AvgIpc) is 2.98. The van der Waals surface area contributed by atoms with Gasteiger partial charge in [0.25, 0.3) is 5.91 Å². The van der Waals surface area contributed by atoms with Gasteiger partial charge in [-0.05, 0) is 25.8 Å². The highest BCUT2D eigenvalue weighted by Crippen LogP contribution is 2.43. The maximum absolute atomic E-state index is 12.4. The van der Waals surface area contributed by atoms with Crippen LogP contribution in [0.2, 0.25) is 0 Å². The Labute approximate surface area is 203 Å². The van der Waals surface area contributed by atoms with Crippen LogP contribution in [-0.4, -0.2) is 69.7 Å². The standard InChI is InChI=1S/C22H35N3O10/c1-4-6-8-12-31-19(27)33-14-15-17(34-20(28)32-13-9-7-5-2)21(3,29)22(30,35-15)25-11-10-16(23)24-18(25)26/h10-11,15,17,29-30H,4-9,12-14H2,1-3H3,(H2,23,24,26)/t15-,17-,21-,22-/m1/s1. The number of ether oxygens (including phenoxy) is 5. The third-order valence-electron chi connectivity index (χ3n) is 5.54. The van der Waals surface area contributed by atoms with Crippen molar-refractivity contribution in [1.82, 2.24) is 9.55 Å². The van der Waals surface area contributed by atoms with E-state index in [1.165, 1.54) is 6.07 Å². The second kappa shape index (κ2) is 12.7. The van der Waals surface area contributed by atoms with Crippen molar-refractivity contribution in [2.45, 2.75) is 83.0 Å². The van der Waals surface area contributed by atoms with Crippen LogP contribution >= 0.6 is 0 Å². The van der Waals surface area contributed by atoms with E-state index in [0.29, 0.717) is 17.4 Å². The Hall–Kier alpha value is -2.90. The Bertz CT molecular complexity index is 906. The minimum atomic E-state index is -2.75. The van der Waals surface area contributed by atoms with Gasteiger partial charge in [-0.15, -0.1) is 0 Å². The molecule has 13 heteroatoms. The lowest BCUT2D eigenvalue weighted by molar-refractivity contribution is -0.321. The molecule has 0 saturated carbocycles. The molecule has 1 aromatic rings. The van der Waals surface area contributed by atoms with Crippen LogP contribution in [0.15, 0.2) is 17.1 Å². The molecule has 4 atom stereocenters. The summed E-state index contributed by atoms with van der Waals surface area (Å²) in [6, 6.07) is 1.20. The molecule has 0 bridgehead atoms. The fourth-order valence-electron chi connectivity index (χ4n) is 3.54. The van der Waals surface area contributed by atoms with Crippen LogP contribution in [-0.2, 0) is 29.6 Å². The Morgan fingerprint density at radius 3 is 2.26 bits per heavy atom. The van der Waals surface area contributed by atoms with E-state index in [1.54, 1.807) is 0 Å². The van der Waals surface area contributed by atoms with E-state index < -0.39 is 48.3 Å². The van der Waals surface area contributed by atoms with Gasteiger partial charge >= 0.3 is 18.0 Å². The molecule has 0 aromatic carbocycles. The number of rotatable bonds is 12. The van der Waals surface area contributed by atoms with Gasteiger partial charge in [0.05, 0.1) is 13.2 Å². The molecule has 198 valence electrons. The maximum Gasteiger partial charge on any atom is 0.508 e. The largest absolute Gasteiger partial charge is 0.508 e. The molecule has 1 aliphatic rings. The molecule has 1 saturated heterocycles. The SMILES string of the molecule is CCCCCOC(=O)OC[C@H]1O[C@@](O)(n2ccc(N)nc2=O)[C@](C)(O)[C@@H]1OC(=O)OCCCCC. The van der Waals surface area contributed by atoms with Crippen molar-refractivity contribution >= 4 is 18.1 Å². The minimum absolute atomic E-state index is 0.0826. The first-order valence-electron chi connectivity index (χ1n) is 11.7. The van der Waals surface area contributed by atoms with Crippen LogP contribution in [0.5, 0.6) is 0 Å². The predicted octanol–water partition coefficient (Wildman–Crippen LogP) is 1.63. The minimum Gasteiger partial charge on any atom is -0.434 e. The number of nitrogen functional groups attached to an aromatic ring is 1. The van der Waals surface area contributed by atoms with Gasteiger partial charge in [-0.3, -0.25) is 0 Å². The summed E-state index contributed by atoms with van der Waals surface area (Å²) in [5.41, 5.74) is 2.06. The van der Waals surface area contributed by atoms with Gasteiger partial charge in [0.15, 0.2) is 11.7 Å². The molecule has 1 aliphatic heterocycles. The Morgan fingerprint density at radius 2 is 1.69 bits per heavy atom. The van der Waals surface area contributed by atoms with E-state index in [2.05, 4.69) is 4.98 Å². The van der Waals surface area contributed by atoms with Crippen molar-refractivity contribution in [3.05, 3.63) is 22.7 Å². The molecular weight excluding hydrogens is 466 g/mol. The van der Waals surface area contributed by atoms with Gasteiger partial charge in [0.1, 0.15) is 18.5 Å². The number of aromatic nitrogens is 2. The number of aliphatic hydroxyl groups is 2. The number of nitrogens with two attached hydrogens (primary N) is 1. The number of nitrogens with zero attached hydrogens (tertiary/aromatic N) is 2. The van der Waals surface area contributed by atoms with Crippen LogP contribution in [0.25, 0.3) is 0 Å². The lowest BCUT2D eigenvalue weighted by Gasteiger charge is -2.35. The highest BCUT2D eigenvalue weighted by Gasteiger charge is 2.66. The molecule has 0 radical (unpaired) electrons. The van der Waals surface area contributed by atoms with Crippen molar-refractivity contribution in [3.63, 3.8) is 0 Å². The van der Waals surface area contributed by atoms with E-state index in [0.717, 1.165) is 38.8 Å². The number of hydrogen-bond acceptors (Lipinski definition) is 12. The van der Waals surface area contributed by atoms with Gasteiger partial charge < -0.3 is 39.6 Å². The van der Waals surface area contributed by atoms with Crippen LogP contribution in [0.3, 0.4) is 0 Å². The zero-order valence-electron chi connectivity index (χ0n) is 20.3. The molecule has 1 aromatic heterocycles. The summed E-state index contributed by atoms with van der Waals surface area (Å²) >= 11 is 0. The van der Waals surface area contributed by atoms with E-state index >= 15 is 0 Å². The van der Waals surface area contributed by atoms with Crippen molar-refractivity contribution in [2.24, 2.45) is 0 Å². The molecule has 0 amide bonds. The topological polar surface area (TPSA) is 182 Å². The second-order valence-electron chi connectivity index (χ2n) is 8.38. The van der Waals surface area contributed by atoms with Gasteiger partial charge in [0.2, 0.25) is 0 Å². The molecule has 35 heavy (non-hydrogen) atoms. The van der Waals surface area contributed by atoms with Gasteiger partial charge in [-0.1, -0.05) is 39.5 Å². The van der Waals surface area contributed by atoms with Crippen molar-refractivity contribution in [1.29, 1.82) is 0 Å². The summed E-state index contributed by atoms with van der Waals surface area (Å²) in [7, 11) is 0. The summed E-state index contributed by atoms with van der Waals surface area (Å²) in [4.78, 5) is 40.1. The number of hydrogen-bond donors (Lipinski definition) is 3. The fourth-order valence-corrected chi connectivity index (χ4v) is 3.54. The molecule has 2 rings (SSSR count). The molecule has 13 nitrogen and oxygen atoms in total. The second-order valence-corrected chi connectivity index (χ2v) is 8.38. The lowest BCUT2D eigenvalue weighted by Crippen LogP contribution is -2.59. The summed E-state index contributed by atoms with van der Waals surface area (Å²) in [5.74, 6) is -2.88. The Balaban J connectivity index is 2.21. The monoisotopic (exact) mass is 501 g/mol. The van der Waals surface area contributed by atoms with E-state index in [4.69, 9.17) is 29.4 Å². The molecular formula is C22H35N3O10. The molecule has 0 unspecified atom stereocenters. The first-order valence-corrected chi connectivity index (χ1v) is 11.7. The van der Waals surface area contributed by atoms with Crippen molar-refractivity contribution in [2.75, 3.05) is 25.6 Å². The number of unbranched alkanes of at least 4 members (excludes halogenated alkanes) is 4. The first kappa shape index (κ1) is 28.3. The normalized spacial score (nSPS) is 25.7. The predicted molar refractivity (Wildman–Crippen MR) is 121 cm³/mol. The first-order chi connectivity index (χ1) is 16.6. The van der Waals surface area contributed by atoms with E-state index in [1.807, 2.05) is 13.8 Å². The maximum atomic E-state index is 12.4. The third-order valence-corrected chi connectivity index (χ3v) is 5.54. The third kappa shape index (κ3) is 7.05. The van der Waals surface area contributed by atoms with Crippen LogP contribution in [0.4, 0.5) is 15.4 Å². The highest BCUT2D eigenvalue weighted by atomic mass is 16.8. The number of carbonyl (C=O) groups is 2.